The number of nitrogens with one attached hydrogen (secondary N) is 2. The van der Waals surface area contributed by atoms with Crippen LogP contribution in [0.25, 0.3) is 0 Å². The molecule has 1 unspecified atom stereocenters. The minimum Gasteiger partial charge on any atom is -0.444 e. The highest BCUT2D eigenvalue weighted by Crippen LogP contribution is 2.09. The van der Waals surface area contributed by atoms with Crippen LogP contribution < -0.4 is 10.6 Å². The van der Waals surface area contributed by atoms with Gasteiger partial charge in [-0.1, -0.05) is 0 Å². The van der Waals surface area contributed by atoms with Crippen molar-refractivity contribution in [2.75, 3.05) is 7.05 Å². The Hall–Kier alpha value is -1.40. The predicted octanol–water partition coefficient (Wildman–Crippen LogP) is 1.28. The van der Waals surface area contributed by atoms with E-state index in [1.807, 2.05) is 0 Å². The molecule has 1 atom stereocenters. The number of hydrogen-bond donors (Lipinski definition) is 2. The first kappa shape index (κ1) is 15.6. The van der Waals surface area contributed by atoms with Crippen molar-refractivity contribution >= 4 is 12.0 Å². The van der Waals surface area contributed by atoms with Crippen LogP contribution in [0.4, 0.5) is 13.6 Å². The number of hydrogen-bond acceptors (Lipinski definition) is 3. The van der Waals surface area contributed by atoms with Gasteiger partial charge in [-0.05, 0) is 20.8 Å². The number of rotatable bonds is 4. The van der Waals surface area contributed by atoms with Gasteiger partial charge >= 0.3 is 6.09 Å². The summed E-state index contributed by atoms with van der Waals surface area (Å²) in [4.78, 5) is 22.5. The van der Waals surface area contributed by atoms with Crippen LogP contribution >= 0.6 is 0 Å². The second-order valence-corrected chi connectivity index (χ2v) is 4.44. The highest BCUT2D eigenvalue weighted by molar-refractivity contribution is 5.85. The van der Waals surface area contributed by atoms with Crippen molar-refractivity contribution in [1.29, 1.82) is 0 Å². The van der Waals surface area contributed by atoms with E-state index < -0.39 is 36.5 Å². The molecule has 2 N–H and O–H groups in total. The number of halogens is 2. The molecule has 0 aliphatic carbocycles. The summed E-state index contributed by atoms with van der Waals surface area (Å²) in [5, 5.41) is 4.30. The maximum atomic E-state index is 12.2. The summed E-state index contributed by atoms with van der Waals surface area (Å²) in [5.41, 5.74) is -0.748. The summed E-state index contributed by atoms with van der Waals surface area (Å²) in [7, 11) is 1.30. The minimum absolute atomic E-state index is 0.684. The third-order valence-electron chi connectivity index (χ3n) is 1.67. The summed E-state index contributed by atoms with van der Waals surface area (Å²) >= 11 is 0. The Kier molecular flexibility index (Phi) is 5.84. The summed E-state index contributed by atoms with van der Waals surface area (Å²) < 4.78 is 29.3. The fraction of sp³-hybridized carbons (Fsp3) is 0.800. The molecule has 0 spiro atoms. The van der Waals surface area contributed by atoms with E-state index in [4.69, 9.17) is 4.74 Å². The zero-order valence-corrected chi connectivity index (χ0v) is 10.3. The molecule has 0 rings (SSSR count). The van der Waals surface area contributed by atoms with E-state index in [1.54, 1.807) is 20.8 Å². The van der Waals surface area contributed by atoms with Crippen molar-refractivity contribution in [3.8, 4) is 0 Å². The van der Waals surface area contributed by atoms with E-state index in [9.17, 15) is 18.4 Å². The van der Waals surface area contributed by atoms with Gasteiger partial charge in [0.2, 0.25) is 12.3 Å². The van der Waals surface area contributed by atoms with Crippen molar-refractivity contribution in [3.05, 3.63) is 0 Å². The number of carbonyl (C=O) groups is 2. The van der Waals surface area contributed by atoms with Gasteiger partial charge in [0.25, 0.3) is 0 Å². The van der Waals surface area contributed by atoms with Gasteiger partial charge in [-0.25, -0.2) is 13.6 Å². The molecule has 0 bridgehead atoms. The van der Waals surface area contributed by atoms with Gasteiger partial charge in [0.05, 0.1) is 0 Å². The normalized spacial score (nSPS) is 13.1. The standard InChI is InChI=1S/C10H18F2N2O3/c1-10(2,3)17-9(16)14-6(5-7(11)12)8(15)13-4/h6-7H,5H2,1-4H3,(H,13,15)(H,14,16). The highest BCUT2D eigenvalue weighted by Gasteiger charge is 2.26. The molecule has 0 radical (unpaired) electrons. The smallest absolute Gasteiger partial charge is 0.408 e. The predicted molar refractivity (Wildman–Crippen MR) is 57.8 cm³/mol. The number of ether oxygens (including phenoxy) is 1. The van der Waals surface area contributed by atoms with Gasteiger partial charge in [-0.2, -0.15) is 0 Å². The Balaban J connectivity index is 4.43. The van der Waals surface area contributed by atoms with Crippen LogP contribution in [0.1, 0.15) is 27.2 Å². The first-order valence-corrected chi connectivity index (χ1v) is 5.15. The minimum atomic E-state index is -2.69. The Labute approximate surface area is 98.9 Å². The zero-order valence-electron chi connectivity index (χ0n) is 10.3. The molecule has 7 heteroatoms. The van der Waals surface area contributed by atoms with E-state index in [1.165, 1.54) is 7.05 Å². The van der Waals surface area contributed by atoms with Crippen LogP contribution in [0.15, 0.2) is 0 Å². The monoisotopic (exact) mass is 252 g/mol. The van der Waals surface area contributed by atoms with Crippen molar-refractivity contribution in [3.63, 3.8) is 0 Å². The van der Waals surface area contributed by atoms with Gasteiger partial charge in [-0.15, -0.1) is 0 Å². The van der Waals surface area contributed by atoms with E-state index in [-0.39, 0.29) is 0 Å². The average Bonchev–Trinajstić information content (AvgIpc) is 2.11. The number of likely N-dealkylation sites (N-methyl/N-ethyl adjacent to an activating group) is 1. The fourth-order valence-corrected chi connectivity index (χ4v) is 1.03. The second kappa shape index (κ2) is 6.36. The Bertz CT molecular complexity index is 277. The van der Waals surface area contributed by atoms with E-state index in [2.05, 4.69) is 10.6 Å². The quantitative estimate of drug-likeness (QED) is 0.792. The van der Waals surface area contributed by atoms with Crippen molar-refractivity contribution in [1.82, 2.24) is 10.6 Å². The molecule has 0 heterocycles. The number of carbonyl (C=O) groups excluding carboxylic acids is 2. The topological polar surface area (TPSA) is 67.4 Å². The van der Waals surface area contributed by atoms with Crippen LogP contribution in [0.2, 0.25) is 0 Å². The zero-order chi connectivity index (χ0) is 13.6. The molecule has 0 aliphatic heterocycles. The average molecular weight is 252 g/mol. The summed E-state index contributed by atoms with van der Waals surface area (Å²) in [6.45, 7) is 4.90. The number of amides is 2. The van der Waals surface area contributed by atoms with Crippen molar-refractivity contribution < 1.29 is 23.1 Å². The fourth-order valence-electron chi connectivity index (χ4n) is 1.03. The Morgan fingerprint density at radius 3 is 2.18 bits per heavy atom. The first-order valence-electron chi connectivity index (χ1n) is 5.15. The maximum absolute atomic E-state index is 12.2. The SMILES string of the molecule is CNC(=O)C(CC(F)F)NC(=O)OC(C)(C)C. The molecule has 0 saturated carbocycles. The molecule has 0 fully saturated rings. The van der Waals surface area contributed by atoms with Crippen molar-refractivity contribution in [2.45, 2.75) is 45.3 Å². The molecule has 0 aliphatic rings. The molecule has 100 valence electrons. The second-order valence-electron chi connectivity index (χ2n) is 4.44. The van der Waals surface area contributed by atoms with Crippen molar-refractivity contribution in [2.24, 2.45) is 0 Å². The number of alkyl halides is 2. The first-order chi connectivity index (χ1) is 7.65. The Morgan fingerprint density at radius 1 is 1.29 bits per heavy atom. The van der Waals surface area contributed by atoms with E-state index in [0.29, 0.717) is 0 Å². The third kappa shape index (κ3) is 7.48. The van der Waals surface area contributed by atoms with Crippen LogP contribution in [0.3, 0.4) is 0 Å². The van der Waals surface area contributed by atoms with E-state index in [0.717, 1.165) is 0 Å². The largest absolute Gasteiger partial charge is 0.444 e. The number of alkyl carbamates (subject to hydrolysis) is 1. The van der Waals surface area contributed by atoms with Crippen LogP contribution in [0, 0.1) is 0 Å². The maximum Gasteiger partial charge on any atom is 0.408 e. The summed E-state index contributed by atoms with van der Waals surface area (Å²) in [6, 6.07) is -1.30. The lowest BCUT2D eigenvalue weighted by atomic mass is 10.2. The van der Waals surface area contributed by atoms with Crippen LogP contribution in [-0.2, 0) is 9.53 Å². The lowest BCUT2D eigenvalue weighted by molar-refractivity contribution is -0.123. The highest BCUT2D eigenvalue weighted by atomic mass is 19.3. The molecule has 0 aromatic carbocycles. The lowest BCUT2D eigenvalue weighted by Gasteiger charge is -2.22. The molecular weight excluding hydrogens is 234 g/mol. The molecule has 0 aromatic rings. The van der Waals surface area contributed by atoms with Crippen LogP contribution in [0.5, 0.6) is 0 Å². The molecule has 5 nitrogen and oxygen atoms in total. The summed E-state index contributed by atoms with van der Waals surface area (Å²) in [6.07, 6.45) is -4.34. The molecule has 0 aromatic heterocycles. The van der Waals surface area contributed by atoms with Gasteiger partial charge in [0.1, 0.15) is 11.6 Å². The molecule has 0 saturated heterocycles. The van der Waals surface area contributed by atoms with Gasteiger partial charge < -0.3 is 15.4 Å². The van der Waals surface area contributed by atoms with Gasteiger partial charge in [0.15, 0.2) is 0 Å². The van der Waals surface area contributed by atoms with Gasteiger partial charge in [0, 0.05) is 13.5 Å². The third-order valence-corrected chi connectivity index (χ3v) is 1.67. The Morgan fingerprint density at radius 2 is 1.82 bits per heavy atom. The molecule has 2 amide bonds. The summed E-state index contributed by atoms with van der Waals surface area (Å²) in [5.74, 6) is -0.684. The molecular formula is C10H18F2N2O3. The van der Waals surface area contributed by atoms with Gasteiger partial charge in [-0.3, -0.25) is 4.79 Å². The van der Waals surface area contributed by atoms with E-state index >= 15 is 0 Å². The van der Waals surface area contributed by atoms with Crippen LogP contribution in [-0.4, -0.2) is 37.1 Å². The lowest BCUT2D eigenvalue weighted by Crippen LogP contribution is -2.48. The molecule has 17 heavy (non-hydrogen) atoms.